The van der Waals surface area contributed by atoms with E-state index >= 15 is 0 Å². The first-order valence-corrected chi connectivity index (χ1v) is 13.2. The summed E-state index contributed by atoms with van der Waals surface area (Å²) >= 11 is 0. The summed E-state index contributed by atoms with van der Waals surface area (Å²) in [5.41, 5.74) is 1.34. The van der Waals surface area contributed by atoms with Crippen molar-refractivity contribution >= 4 is 8.32 Å². The number of aliphatic hydroxyl groups excluding tert-OH is 1. The van der Waals surface area contributed by atoms with Crippen molar-refractivity contribution < 1.29 is 9.53 Å². The second-order valence-electron chi connectivity index (χ2n) is 9.21. The van der Waals surface area contributed by atoms with Crippen molar-refractivity contribution in [2.45, 2.75) is 109 Å². The van der Waals surface area contributed by atoms with Crippen LogP contribution in [-0.2, 0) is 4.43 Å². The lowest BCUT2D eigenvalue weighted by atomic mass is 9.90. The monoisotopic (exact) mass is 366 g/mol. The maximum atomic E-state index is 10.4. The van der Waals surface area contributed by atoms with Gasteiger partial charge in [-0.25, -0.2) is 0 Å². The molecule has 25 heavy (non-hydrogen) atoms. The molecule has 1 aliphatic rings. The van der Waals surface area contributed by atoms with Gasteiger partial charge in [0.1, 0.15) is 0 Å². The molecule has 0 bridgehead atoms. The number of rotatable bonds is 11. The summed E-state index contributed by atoms with van der Waals surface area (Å²) < 4.78 is 6.84. The van der Waals surface area contributed by atoms with Crippen LogP contribution in [-0.4, -0.2) is 25.6 Å². The summed E-state index contributed by atoms with van der Waals surface area (Å²) in [5, 5.41) is 10.6. The van der Waals surface area contributed by atoms with Crippen molar-refractivity contribution in [1.82, 2.24) is 0 Å². The highest BCUT2D eigenvalue weighted by Gasteiger charge is 2.41. The predicted molar refractivity (Wildman–Crippen MR) is 112 cm³/mol. The number of hydrogen-bond donors (Lipinski definition) is 1. The second-order valence-corrected chi connectivity index (χ2v) is 14.0. The molecular formula is C22H42O2Si. The van der Waals surface area contributed by atoms with E-state index in [1.54, 1.807) is 0 Å². The van der Waals surface area contributed by atoms with E-state index in [4.69, 9.17) is 4.43 Å². The van der Waals surface area contributed by atoms with Crippen LogP contribution in [0, 0.1) is 5.92 Å². The lowest BCUT2D eigenvalue weighted by Gasteiger charge is -2.40. The quantitative estimate of drug-likeness (QED) is 0.253. The molecule has 1 N–H and O–H groups in total. The zero-order chi connectivity index (χ0) is 19.1. The van der Waals surface area contributed by atoms with Gasteiger partial charge in [-0.15, -0.1) is 6.58 Å². The lowest BCUT2D eigenvalue weighted by molar-refractivity contribution is 0.121. The van der Waals surface area contributed by atoms with Gasteiger partial charge in [0.15, 0.2) is 8.32 Å². The third kappa shape index (κ3) is 6.69. The number of aliphatic hydroxyl groups is 1. The van der Waals surface area contributed by atoms with E-state index in [2.05, 4.69) is 53.4 Å². The Balaban J connectivity index is 2.85. The van der Waals surface area contributed by atoms with Crippen molar-refractivity contribution in [3.63, 3.8) is 0 Å². The molecule has 3 heteroatoms. The van der Waals surface area contributed by atoms with Crippen LogP contribution in [0.5, 0.6) is 0 Å². The Labute approximate surface area is 157 Å². The van der Waals surface area contributed by atoms with E-state index in [-0.39, 0.29) is 23.2 Å². The van der Waals surface area contributed by atoms with Gasteiger partial charge in [-0.3, -0.25) is 0 Å². The molecule has 146 valence electrons. The highest BCUT2D eigenvalue weighted by molar-refractivity contribution is 6.74. The van der Waals surface area contributed by atoms with Gasteiger partial charge in [0, 0.05) is 5.92 Å². The molecule has 0 aromatic carbocycles. The first-order valence-electron chi connectivity index (χ1n) is 10.3. The van der Waals surface area contributed by atoms with Crippen LogP contribution < -0.4 is 0 Å². The molecule has 3 unspecified atom stereocenters. The predicted octanol–water partition coefficient (Wildman–Crippen LogP) is 6.62. The molecule has 0 aliphatic heterocycles. The summed E-state index contributed by atoms with van der Waals surface area (Å²) in [6, 6.07) is 0. The maximum absolute atomic E-state index is 10.4. The van der Waals surface area contributed by atoms with Crippen LogP contribution in [0.25, 0.3) is 0 Å². The minimum absolute atomic E-state index is 0.171. The molecule has 1 rings (SSSR count). The average molecular weight is 367 g/mol. The van der Waals surface area contributed by atoms with Gasteiger partial charge in [0.25, 0.3) is 0 Å². The standard InChI is InChI=1S/C22H42O2Si/c1-8-10-11-12-13-15-21(24-25(6,7)22(3,4)5)19-16-17-20(23)18(19)14-9-2/h9,16,18,20-21,23H,2,8,10-15,17H2,1,3-7H3. The summed E-state index contributed by atoms with van der Waals surface area (Å²) in [6.45, 7) is 17.7. The van der Waals surface area contributed by atoms with Gasteiger partial charge in [-0.05, 0) is 43.0 Å². The average Bonchev–Trinajstić information content (AvgIpc) is 2.86. The number of hydrogen-bond acceptors (Lipinski definition) is 2. The van der Waals surface area contributed by atoms with E-state index in [1.165, 1.54) is 37.7 Å². The summed E-state index contributed by atoms with van der Waals surface area (Å²) in [7, 11) is -1.83. The molecule has 1 aliphatic carbocycles. The van der Waals surface area contributed by atoms with Crippen molar-refractivity contribution in [2.24, 2.45) is 5.92 Å². The Hall–Kier alpha value is -0.383. The van der Waals surface area contributed by atoms with Crippen LogP contribution >= 0.6 is 0 Å². The fraction of sp³-hybridized carbons (Fsp3) is 0.818. The molecule has 0 heterocycles. The Morgan fingerprint density at radius 2 is 1.92 bits per heavy atom. The molecule has 0 aromatic heterocycles. The van der Waals surface area contributed by atoms with Crippen molar-refractivity contribution in [3.8, 4) is 0 Å². The molecule has 3 atom stereocenters. The summed E-state index contributed by atoms with van der Waals surface area (Å²) in [4.78, 5) is 0. The minimum atomic E-state index is -1.83. The second kappa shape index (κ2) is 10.1. The minimum Gasteiger partial charge on any atom is -0.410 e. The van der Waals surface area contributed by atoms with Crippen molar-refractivity contribution in [3.05, 3.63) is 24.3 Å². The van der Waals surface area contributed by atoms with Crippen LogP contribution in [0.15, 0.2) is 24.3 Å². The van der Waals surface area contributed by atoms with Crippen LogP contribution in [0.2, 0.25) is 18.1 Å². The van der Waals surface area contributed by atoms with Crippen molar-refractivity contribution in [1.29, 1.82) is 0 Å². The van der Waals surface area contributed by atoms with Gasteiger partial charge in [0.2, 0.25) is 0 Å². The lowest BCUT2D eigenvalue weighted by Crippen LogP contribution is -2.45. The maximum Gasteiger partial charge on any atom is 0.192 e. The highest BCUT2D eigenvalue weighted by Crippen LogP contribution is 2.41. The third-order valence-corrected chi connectivity index (χ3v) is 10.6. The Morgan fingerprint density at radius 3 is 2.48 bits per heavy atom. The topological polar surface area (TPSA) is 29.5 Å². The molecule has 2 nitrogen and oxygen atoms in total. The van der Waals surface area contributed by atoms with Crippen LogP contribution in [0.4, 0.5) is 0 Å². The van der Waals surface area contributed by atoms with E-state index in [0.717, 1.165) is 19.3 Å². The number of allylic oxidation sites excluding steroid dienone is 1. The molecule has 0 fully saturated rings. The van der Waals surface area contributed by atoms with E-state index in [9.17, 15) is 5.11 Å². The van der Waals surface area contributed by atoms with Crippen molar-refractivity contribution in [2.75, 3.05) is 0 Å². The molecular weight excluding hydrogens is 324 g/mol. The van der Waals surface area contributed by atoms with Gasteiger partial charge in [-0.2, -0.15) is 0 Å². The fourth-order valence-electron chi connectivity index (χ4n) is 3.40. The zero-order valence-corrected chi connectivity index (χ0v) is 18.6. The first-order chi connectivity index (χ1) is 11.6. The normalized spacial score (nSPS) is 22.8. The van der Waals surface area contributed by atoms with E-state index in [0.29, 0.717) is 0 Å². The van der Waals surface area contributed by atoms with Gasteiger partial charge in [0.05, 0.1) is 12.2 Å². The Kier molecular flexibility index (Phi) is 9.14. The molecule has 0 aromatic rings. The smallest absolute Gasteiger partial charge is 0.192 e. The summed E-state index contributed by atoms with van der Waals surface area (Å²) in [6.07, 6.45) is 13.2. The van der Waals surface area contributed by atoms with Gasteiger partial charge < -0.3 is 9.53 Å². The first kappa shape index (κ1) is 22.7. The van der Waals surface area contributed by atoms with Crippen LogP contribution in [0.1, 0.15) is 79.1 Å². The van der Waals surface area contributed by atoms with Gasteiger partial charge >= 0.3 is 0 Å². The highest BCUT2D eigenvalue weighted by atomic mass is 28.4. The summed E-state index contributed by atoms with van der Waals surface area (Å²) in [5.74, 6) is 0.197. The molecule has 0 saturated heterocycles. The molecule has 0 radical (unpaired) electrons. The Bertz CT molecular complexity index is 434. The zero-order valence-electron chi connectivity index (χ0n) is 17.6. The largest absolute Gasteiger partial charge is 0.410 e. The Morgan fingerprint density at radius 1 is 1.28 bits per heavy atom. The van der Waals surface area contributed by atoms with E-state index in [1.807, 2.05) is 6.08 Å². The van der Waals surface area contributed by atoms with Gasteiger partial charge in [-0.1, -0.05) is 72.0 Å². The molecule has 0 amide bonds. The third-order valence-electron chi connectivity index (χ3n) is 6.09. The van der Waals surface area contributed by atoms with E-state index < -0.39 is 8.32 Å². The molecule has 0 spiro atoms. The SMILES string of the molecule is C=CCC1C(C(CCCCCCC)O[Si](C)(C)C(C)(C)C)=CCC1O. The fourth-order valence-corrected chi connectivity index (χ4v) is 4.72. The number of unbranched alkanes of at least 4 members (excludes halogenated alkanes) is 4. The molecule has 0 saturated carbocycles. The van der Waals surface area contributed by atoms with Crippen LogP contribution in [0.3, 0.4) is 0 Å².